The number of carbonyl (C=O) groups is 2. The van der Waals surface area contributed by atoms with Crippen molar-refractivity contribution in [2.24, 2.45) is 5.92 Å². The second-order valence-electron chi connectivity index (χ2n) is 5.03. The summed E-state index contributed by atoms with van der Waals surface area (Å²) in [6.45, 7) is 4.63. The largest absolute Gasteiger partial charge is 0.478 e. The maximum absolute atomic E-state index is 13.5. The normalized spacial score (nSPS) is 10.4. The van der Waals surface area contributed by atoms with Gasteiger partial charge in [0, 0.05) is 13.6 Å². The highest BCUT2D eigenvalue weighted by Gasteiger charge is 2.14. The van der Waals surface area contributed by atoms with E-state index in [2.05, 4.69) is 5.32 Å². The summed E-state index contributed by atoms with van der Waals surface area (Å²) in [4.78, 5) is 24.1. The Hall–Kier alpha value is -2.11. The van der Waals surface area contributed by atoms with Crippen molar-refractivity contribution in [1.29, 1.82) is 0 Å². The van der Waals surface area contributed by atoms with Crippen LogP contribution in [0, 0.1) is 11.7 Å². The molecule has 0 heterocycles. The first-order valence-electron chi connectivity index (χ1n) is 6.36. The van der Waals surface area contributed by atoms with Gasteiger partial charge in [0.1, 0.15) is 5.82 Å². The lowest BCUT2D eigenvalue weighted by Gasteiger charge is -2.19. The van der Waals surface area contributed by atoms with E-state index in [1.807, 2.05) is 13.8 Å². The highest BCUT2D eigenvalue weighted by atomic mass is 19.1. The summed E-state index contributed by atoms with van der Waals surface area (Å²) in [7, 11) is 1.61. The molecule has 0 fully saturated rings. The molecule has 0 aliphatic heterocycles. The van der Waals surface area contributed by atoms with Crippen LogP contribution in [0.3, 0.4) is 0 Å². The standard InChI is InChI=1S/C14H19FN2O3/c1-9(2)6-7-17(3)14(20)16-12-8-10(13(18)19)4-5-11(12)15/h4-5,8-9H,6-7H2,1-3H3,(H,16,20)(H,18,19). The van der Waals surface area contributed by atoms with Gasteiger partial charge < -0.3 is 15.3 Å². The van der Waals surface area contributed by atoms with Gasteiger partial charge in [0.2, 0.25) is 0 Å². The Morgan fingerprint density at radius 3 is 2.60 bits per heavy atom. The number of nitrogens with one attached hydrogen (secondary N) is 1. The molecule has 20 heavy (non-hydrogen) atoms. The van der Waals surface area contributed by atoms with E-state index in [1.165, 1.54) is 4.90 Å². The number of benzene rings is 1. The summed E-state index contributed by atoms with van der Waals surface area (Å²) < 4.78 is 13.5. The van der Waals surface area contributed by atoms with Gasteiger partial charge in [0.15, 0.2) is 0 Å². The molecular weight excluding hydrogens is 263 g/mol. The Morgan fingerprint density at radius 1 is 1.40 bits per heavy atom. The zero-order valence-corrected chi connectivity index (χ0v) is 11.8. The van der Waals surface area contributed by atoms with Gasteiger partial charge in [0.25, 0.3) is 0 Å². The summed E-state index contributed by atoms with van der Waals surface area (Å²) in [5.41, 5.74) is -0.210. The topological polar surface area (TPSA) is 69.6 Å². The third kappa shape index (κ3) is 4.53. The van der Waals surface area contributed by atoms with Crippen molar-refractivity contribution in [1.82, 2.24) is 4.90 Å². The van der Waals surface area contributed by atoms with Gasteiger partial charge in [0.05, 0.1) is 11.3 Å². The average Bonchev–Trinajstić information content (AvgIpc) is 2.37. The van der Waals surface area contributed by atoms with E-state index in [-0.39, 0.29) is 11.3 Å². The lowest BCUT2D eigenvalue weighted by atomic mass is 10.1. The lowest BCUT2D eigenvalue weighted by molar-refractivity contribution is 0.0697. The number of anilines is 1. The Morgan fingerprint density at radius 2 is 2.05 bits per heavy atom. The zero-order valence-electron chi connectivity index (χ0n) is 11.8. The highest BCUT2D eigenvalue weighted by Crippen LogP contribution is 2.17. The predicted octanol–water partition coefficient (Wildman–Crippen LogP) is 3.03. The number of carboxylic acid groups (broad SMARTS) is 1. The Labute approximate surface area is 117 Å². The molecule has 1 aromatic rings. The fraction of sp³-hybridized carbons (Fsp3) is 0.429. The molecule has 0 saturated carbocycles. The Kier molecular flexibility index (Phi) is 5.49. The van der Waals surface area contributed by atoms with Crippen molar-refractivity contribution in [3.63, 3.8) is 0 Å². The molecule has 0 unspecified atom stereocenters. The number of rotatable bonds is 5. The fourth-order valence-electron chi connectivity index (χ4n) is 1.52. The third-order valence-electron chi connectivity index (χ3n) is 2.84. The number of hydrogen-bond donors (Lipinski definition) is 2. The molecule has 2 N–H and O–H groups in total. The maximum Gasteiger partial charge on any atom is 0.335 e. The molecule has 0 bridgehead atoms. The third-order valence-corrected chi connectivity index (χ3v) is 2.84. The maximum atomic E-state index is 13.5. The van der Waals surface area contributed by atoms with Gasteiger partial charge in [-0.05, 0) is 30.5 Å². The van der Waals surface area contributed by atoms with Crippen LogP contribution in [-0.2, 0) is 0 Å². The molecule has 2 amide bonds. The molecule has 0 saturated heterocycles. The van der Waals surface area contributed by atoms with Crippen molar-refractivity contribution >= 4 is 17.7 Å². The van der Waals surface area contributed by atoms with Crippen LogP contribution in [-0.4, -0.2) is 35.6 Å². The summed E-state index contributed by atoms with van der Waals surface area (Å²) >= 11 is 0. The first-order chi connectivity index (χ1) is 9.31. The molecule has 110 valence electrons. The predicted molar refractivity (Wildman–Crippen MR) is 74.5 cm³/mol. The summed E-state index contributed by atoms with van der Waals surface area (Å²) in [5.74, 6) is -1.38. The molecule has 6 heteroatoms. The number of carboxylic acids is 1. The first kappa shape index (κ1) is 15.9. The Bertz CT molecular complexity index is 503. The molecule has 0 aromatic heterocycles. The molecule has 1 aromatic carbocycles. The first-order valence-corrected chi connectivity index (χ1v) is 6.36. The fourth-order valence-corrected chi connectivity index (χ4v) is 1.52. The minimum atomic E-state index is -1.17. The van der Waals surface area contributed by atoms with E-state index in [1.54, 1.807) is 7.05 Å². The SMILES string of the molecule is CC(C)CCN(C)C(=O)Nc1cc(C(=O)O)ccc1F. The summed E-state index contributed by atoms with van der Waals surface area (Å²) in [6.07, 6.45) is 0.835. The van der Waals surface area contributed by atoms with Crippen molar-refractivity contribution < 1.29 is 19.1 Å². The van der Waals surface area contributed by atoms with E-state index in [0.29, 0.717) is 12.5 Å². The summed E-state index contributed by atoms with van der Waals surface area (Å²) in [6, 6.07) is 2.81. The average molecular weight is 282 g/mol. The van der Waals surface area contributed by atoms with Gasteiger partial charge in [-0.25, -0.2) is 14.0 Å². The van der Waals surface area contributed by atoms with Crippen LogP contribution in [0.25, 0.3) is 0 Å². The number of aromatic carboxylic acids is 1. The number of hydrogen-bond acceptors (Lipinski definition) is 2. The van der Waals surface area contributed by atoms with E-state index in [4.69, 9.17) is 5.11 Å². The Balaban J connectivity index is 2.74. The van der Waals surface area contributed by atoms with Crippen molar-refractivity contribution in [3.8, 4) is 0 Å². The van der Waals surface area contributed by atoms with Gasteiger partial charge in [-0.3, -0.25) is 0 Å². The minimum Gasteiger partial charge on any atom is -0.478 e. The van der Waals surface area contributed by atoms with Crippen molar-refractivity contribution in [3.05, 3.63) is 29.6 Å². The van der Waals surface area contributed by atoms with Crippen LogP contribution in [0.2, 0.25) is 0 Å². The van der Waals surface area contributed by atoms with Crippen LogP contribution in [0.5, 0.6) is 0 Å². The number of carbonyl (C=O) groups excluding carboxylic acids is 1. The van der Waals surface area contributed by atoms with Gasteiger partial charge >= 0.3 is 12.0 Å². The number of urea groups is 1. The van der Waals surface area contributed by atoms with Crippen molar-refractivity contribution in [2.45, 2.75) is 20.3 Å². The number of nitrogens with zero attached hydrogens (tertiary/aromatic N) is 1. The lowest BCUT2D eigenvalue weighted by Crippen LogP contribution is -2.33. The van der Waals surface area contributed by atoms with E-state index >= 15 is 0 Å². The van der Waals surface area contributed by atoms with E-state index in [9.17, 15) is 14.0 Å². The quantitative estimate of drug-likeness (QED) is 0.872. The molecular formula is C14H19FN2O3. The molecule has 0 atom stereocenters. The molecule has 1 rings (SSSR count). The zero-order chi connectivity index (χ0) is 15.3. The van der Waals surface area contributed by atoms with Gasteiger partial charge in [-0.15, -0.1) is 0 Å². The smallest absolute Gasteiger partial charge is 0.335 e. The molecule has 0 radical (unpaired) electrons. The van der Waals surface area contributed by atoms with Crippen LogP contribution in [0.15, 0.2) is 18.2 Å². The summed E-state index contributed by atoms with van der Waals surface area (Å²) in [5, 5.41) is 11.2. The van der Waals surface area contributed by atoms with Crippen molar-refractivity contribution in [2.75, 3.05) is 18.9 Å². The van der Waals surface area contributed by atoms with Crippen LogP contribution < -0.4 is 5.32 Å². The van der Waals surface area contributed by atoms with Crippen LogP contribution in [0.4, 0.5) is 14.9 Å². The van der Waals surface area contributed by atoms with E-state index in [0.717, 1.165) is 24.6 Å². The molecule has 0 spiro atoms. The second kappa shape index (κ2) is 6.88. The molecule has 5 nitrogen and oxygen atoms in total. The van der Waals surface area contributed by atoms with Crippen LogP contribution >= 0.6 is 0 Å². The second-order valence-corrected chi connectivity index (χ2v) is 5.03. The minimum absolute atomic E-state index is 0.0773. The number of amides is 2. The highest BCUT2D eigenvalue weighted by molar-refractivity contribution is 5.93. The van der Waals surface area contributed by atoms with Crippen LogP contribution in [0.1, 0.15) is 30.6 Å². The monoisotopic (exact) mass is 282 g/mol. The van der Waals surface area contributed by atoms with E-state index < -0.39 is 17.8 Å². The molecule has 0 aliphatic rings. The van der Waals surface area contributed by atoms with Gasteiger partial charge in [-0.1, -0.05) is 13.8 Å². The molecule has 0 aliphatic carbocycles. The number of halogens is 1. The van der Waals surface area contributed by atoms with Gasteiger partial charge in [-0.2, -0.15) is 0 Å².